The molecule has 0 saturated heterocycles. The number of ketones is 1. The molecule has 0 heterocycles. The van der Waals surface area contributed by atoms with E-state index in [1.165, 1.54) is 63.6 Å². The summed E-state index contributed by atoms with van der Waals surface area (Å²) >= 11 is 1.50. The van der Waals surface area contributed by atoms with Crippen LogP contribution in [0.4, 0.5) is 0 Å². The maximum Gasteiger partial charge on any atom is 0.306 e. The van der Waals surface area contributed by atoms with Gasteiger partial charge in [0.1, 0.15) is 11.7 Å². The molecule has 1 unspecified atom stereocenters. The number of hydrogen-bond acceptors (Lipinski definition) is 9. The molecule has 2 fully saturated rings. The zero-order valence-corrected chi connectivity index (χ0v) is 30.5. The van der Waals surface area contributed by atoms with Gasteiger partial charge < -0.3 is 24.8 Å². The Labute approximate surface area is 286 Å². The summed E-state index contributed by atoms with van der Waals surface area (Å²) in [7, 11) is 0. The van der Waals surface area contributed by atoms with Crippen LogP contribution in [0.3, 0.4) is 0 Å². The van der Waals surface area contributed by atoms with Crippen molar-refractivity contribution < 1.29 is 39.2 Å². The van der Waals surface area contributed by atoms with Gasteiger partial charge in [-0.15, -0.1) is 0 Å². The van der Waals surface area contributed by atoms with Gasteiger partial charge in [-0.05, 0) is 12.0 Å². The maximum absolute atomic E-state index is 13.5. The predicted octanol–water partition coefficient (Wildman–Crippen LogP) is 6.49. The highest BCUT2D eigenvalue weighted by molar-refractivity contribution is 7.99. The second-order valence-corrected chi connectivity index (χ2v) is 16.4. The quantitative estimate of drug-likeness (QED) is 0.0848. The van der Waals surface area contributed by atoms with E-state index in [9.17, 15) is 29.7 Å². The largest absolute Gasteiger partial charge is 0.458 e. The van der Waals surface area contributed by atoms with Gasteiger partial charge in [0.25, 0.3) is 0 Å². The van der Waals surface area contributed by atoms with Gasteiger partial charge >= 0.3 is 11.9 Å². The molecule has 9 heteroatoms. The first-order valence-electron chi connectivity index (χ1n) is 18.2. The van der Waals surface area contributed by atoms with Crippen molar-refractivity contribution in [2.45, 2.75) is 148 Å². The van der Waals surface area contributed by atoms with Crippen LogP contribution in [0, 0.1) is 29.1 Å². The summed E-state index contributed by atoms with van der Waals surface area (Å²) < 4.78 is 12.4. The van der Waals surface area contributed by atoms with E-state index in [2.05, 4.69) is 6.92 Å². The molecule has 8 nitrogen and oxygen atoms in total. The SMILES string of the molecule is CCCCCCCCCCCCCC(=O)O[C@@H]1[C@@H](C)[C@]2(O)C3=CC(C)C(=O)[C@@]3(O)CC(CSCCO)=C[C@H]2[C@@H]2C(C)(C)[C@]12OC(C)=O. The van der Waals surface area contributed by atoms with Crippen molar-refractivity contribution in [3.05, 3.63) is 23.3 Å². The van der Waals surface area contributed by atoms with Gasteiger partial charge in [0.15, 0.2) is 17.0 Å². The molecule has 0 aromatic rings. The Balaban J connectivity index is 1.54. The highest BCUT2D eigenvalue weighted by atomic mass is 32.2. The third kappa shape index (κ3) is 7.16. The Morgan fingerprint density at radius 2 is 1.55 bits per heavy atom. The first kappa shape index (κ1) is 38.1. The summed E-state index contributed by atoms with van der Waals surface area (Å²) in [5, 5.41) is 34.4. The molecule has 3 N–H and O–H groups in total. The number of hydrogen-bond donors (Lipinski definition) is 3. The van der Waals surface area contributed by atoms with Gasteiger partial charge in [-0.2, -0.15) is 11.8 Å². The first-order chi connectivity index (χ1) is 22.2. The number of carbonyl (C=O) groups excluding carboxylic acids is 3. The fraction of sp³-hybridized carbons (Fsp3) is 0.816. The van der Waals surface area contributed by atoms with Crippen molar-refractivity contribution in [3.8, 4) is 0 Å². The summed E-state index contributed by atoms with van der Waals surface area (Å²) in [6.07, 6.45) is 15.8. The molecule has 0 spiro atoms. The summed E-state index contributed by atoms with van der Waals surface area (Å²) in [5.74, 6) is -2.66. The minimum atomic E-state index is -1.90. The van der Waals surface area contributed by atoms with E-state index in [1.807, 2.05) is 19.9 Å². The fourth-order valence-electron chi connectivity index (χ4n) is 9.31. The van der Waals surface area contributed by atoms with Crippen LogP contribution < -0.4 is 0 Å². The van der Waals surface area contributed by atoms with Crippen molar-refractivity contribution in [2.75, 3.05) is 18.1 Å². The third-order valence-corrected chi connectivity index (χ3v) is 12.7. The molecule has 0 radical (unpaired) electrons. The molecule has 4 aliphatic rings. The van der Waals surface area contributed by atoms with E-state index in [0.29, 0.717) is 17.9 Å². The molecule has 0 amide bonds. The number of thioether (sulfide) groups is 1. The number of carbonyl (C=O) groups is 3. The summed E-state index contributed by atoms with van der Waals surface area (Å²) in [6, 6.07) is 0. The standard InChI is InChI=1S/C38H60O8S/c1-7-8-9-10-11-12-13-14-15-16-17-18-31(41)45-34-26(3)37(44)29(32-35(5,6)38(32,34)46-27(4)40)22-28(24-47-20-19-39)23-36(43)30(37)21-25(2)33(36)42/h21-22,25-26,29,32,34,39,43-44H,7-20,23-24H2,1-6H3/t25?,26-,29+,32-,34-,36-,37-,38-/m1/s1. The average molecular weight is 677 g/mol. The van der Waals surface area contributed by atoms with Crippen LogP contribution >= 0.6 is 11.8 Å². The number of allylic oxidation sites excluding steroid dienone is 1. The number of unbranched alkanes of at least 4 members (excludes halogenated alkanes) is 10. The number of aliphatic hydroxyl groups excluding tert-OH is 1. The fourth-order valence-corrected chi connectivity index (χ4v) is 10.0. The van der Waals surface area contributed by atoms with E-state index in [0.717, 1.165) is 24.8 Å². The lowest BCUT2D eigenvalue weighted by Gasteiger charge is -2.51. The Morgan fingerprint density at radius 1 is 0.957 bits per heavy atom. The molecule has 2 saturated carbocycles. The number of ether oxygens (including phenoxy) is 2. The van der Waals surface area contributed by atoms with Crippen LogP contribution in [0.1, 0.15) is 125 Å². The highest BCUT2D eigenvalue weighted by Crippen LogP contribution is 2.77. The van der Waals surface area contributed by atoms with Crippen LogP contribution in [0.2, 0.25) is 0 Å². The summed E-state index contributed by atoms with van der Waals surface area (Å²) in [6.45, 7) is 11.1. The van der Waals surface area contributed by atoms with Crippen LogP contribution in [0.25, 0.3) is 0 Å². The van der Waals surface area contributed by atoms with E-state index in [1.54, 1.807) is 19.9 Å². The first-order valence-corrected chi connectivity index (χ1v) is 19.4. The third-order valence-electron chi connectivity index (χ3n) is 11.7. The normalized spacial score (nSPS) is 35.2. The van der Waals surface area contributed by atoms with Crippen LogP contribution in [-0.4, -0.2) is 74.1 Å². The van der Waals surface area contributed by atoms with Crippen molar-refractivity contribution in [1.29, 1.82) is 0 Å². The monoisotopic (exact) mass is 676 g/mol. The van der Waals surface area contributed by atoms with Gasteiger partial charge in [0.05, 0.1) is 6.61 Å². The van der Waals surface area contributed by atoms with Crippen LogP contribution in [0.5, 0.6) is 0 Å². The van der Waals surface area contributed by atoms with Crippen molar-refractivity contribution in [3.63, 3.8) is 0 Å². The van der Waals surface area contributed by atoms with Gasteiger partial charge in [-0.3, -0.25) is 14.4 Å². The molecule has 4 rings (SSSR count). The lowest BCUT2D eigenvalue weighted by Crippen LogP contribution is -2.63. The molecule has 47 heavy (non-hydrogen) atoms. The lowest BCUT2D eigenvalue weighted by molar-refractivity contribution is -0.206. The molecular formula is C38H60O8S. The van der Waals surface area contributed by atoms with Crippen molar-refractivity contribution >= 4 is 29.5 Å². The Bertz CT molecular complexity index is 1210. The minimum absolute atomic E-state index is 0.00515. The second-order valence-electron chi connectivity index (χ2n) is 15.3. The van der Waals surface area contributed by atoms with Crippen molar-refractivity contribution in [1.82, 2.24) is 0 Å². The van der Waals surface area contributed by atoms with E-state index < -0.39 is 63.9 Å². The van der Waals surface area contributed by atoms with Crippen molar-refractivity contribution in [2.24, 2.45) is 29.1 Å². The van der Waals surface area contributed by atoms with Crippen LogP contribution in [-0.2, 0) is 23.9 Å². The van der Waals surface area contributed by atoms with Gasteiger partial charge in [0.2, 0.25) is 0 Å². The van der Waals surface area contributed by atoms with Crippen LogP contribution in [0.15, 0.2) is 23.3 Å². The summed E-state index contributed by atoms with van der Waals surface area (Å²) in [4.78, 5) is 39.6. The molecule has 0 aliphatic heterocycles. The molecule has 0 aromatic carbocycles. The molecule has 8 atom stereocenters. The zero-order chi connectivity index (χ0) is 34.6. The molecule has 4 aliphatic carbocycles. The maximum atomic E-state index is 13.5. The topological polar surface area (TPSA) is 130 Å². The molecule has 266 valence electrons. The van der Waals surface area contributed by atoms with E-state index >= 15 is 0 Å². The Kier molecular flexibility index (Phi) is 12.6. The highest BCUT2D eigenvalue weighted by Gasteiger charge is 2.87. The summed E-state index contributed by atoms with van der Waals surface area (Å²) in [5.41, 5.74) is -4.38. The average Bonchev–Trinajstić information content (AvgIpc) is 3.43. The lowest BCUT2D eigenvalue weighted by atomic mass is 9.61. The smallest absolute Gasteiger partial charge is 0.306 e. The molecule has 0 bridgehead atoms. The molecular weight excluding hydrogens is 616 g/mol. The van der Waals surface area contributed by atoms with Gasteiger partial charge in [0, 0.05) is 60.4 Å². The van der Waals surface area contributed by atoms with Gasteiger partial charge in [-0.25, -0.2) is 0 Å². The number of Topliss-reactive ketones (excluding diaryl/α,β-unsaturated/α-hetero) is 1. The predicted molar refractivity (Wildman–Crippen MR) is 185 cm³/mol. The Morgan fingerprint density at radius 3 is 2.13 bits per heavy atom. The van der Waals surface area contributed by atoms with E-state index in [4.69, 9.17) is 9.47 Å². The number of fused-ring (bicyclic) bond motifs is 5. The zero-order valence-electron chi connectivity index (χ0n) is 29.6. The van der Waals surface area contributed by atoms with Gasteiger partial charge in [-0.1, -0.05) is 117 Å². The second kappa shape index (κ2) is 15.5. The minimum Gasteiger partial charge on any atom is -0.458 e. The number of aliphatic hydroxyl groups is 3. The Hall–Kier alpha value is -1.68. The number of rotatable bonds is 18. The van der Waals surface area contributed by atoms with E-state index in [-0.39, 0.29) is 30.8 Å². The molecule has 0 aromatic heterocycles. The number of esters is 2.